The van der Waals surface area contributed by atoms with Crippen LogP contribution in [0.5, 0.6) is 0 Å². The quantitative estimate of drug-likeness (QED) is 0.347. The van der Waals surface area contributed by atoms with Gasteiger partial charge in [-0.2, -0.15) is 0 Å². The molecule has 0 amide bonds. The fraction of sp³-hybridized carbons (Fsp3) is 0.636. The molecule has 0 aliphatic carbocycles. The Hall–Kier alpha value is -0.560. The predicted octanol–water partition coefficient (Wildman–Crippen LogP) is 3.08. The Bertz CT molecular complexity index is 170. The molecule has 0 aromatic heterocycles. The summed E-state index contributed by atoms with van der Waals surface area (Å²) in [7, 11) is 0. The van der Waals surface area contributed by atoms with Gasteiger partial charge in [0.2, 0.25) is 0 Å². The first-order valence-electron chi connectivity index (χ1n) is 4.83. The average Bonchev–Trinajstić information content (AvgIpc) is 2.74. The number of hydrogen-bond acceptors (Lipinski definition) is 1. The van der Waals surface area contributed by atoms with E-state index in [2.05, 4.69) is 38.2 Å². The number of unbranched alkanes of at least 4 members (excludes halogenated alkanes) is 2. The van der Waals surface area contributed by atoms with Crippen LogP contribution in [0, 0.1) is 0 Å². The normalized spacial score (nSPS) is 28.8. The van der Waals surface area contributed by atoms with Gasteiger partial charge in [-0.1, -0.05) is 44.1 Å². The minimum atomic E-state index is 0.390. The highest BCUT2D eigenvalue weighted by atomic mass is 16.6. The number of allylic oxidation sites excluding steroid dienone is 3. The molecule has 0 N–H and O–H groups in total. The van der Waals surface area contributed by atoms with Crippen molar-refractivity contribution in [1.29, 1.82) is 0 Å². The first-order valence-corrected chi connectivity index (χ1v) is 4.83. The maximum Gasteiger partial charge on any atom is 0.102 e. The van der Waals surface area contributed by atoms with E-state index in [1.165, 1.54) is 19.3 Å². The standard InChI is InChI=1S/C11H18O/c1-3-4-5-6-7-8-9-11-10(2)12-11/h6-11H,3-5H2,1-2H3. The highest BCUT2D eigenvalue weighted by molar-refractivity contribution is 5.09. The first-order chi connectivity index (χ1) is 5.84. The van der Waals surface area contributed by atoms with Gasteiger partial charge in [-0.3, -0.25) is 0 Å². The Morgan fingerprint density at radius 2 is 2.08 bits per heavy atom. The van der Waals surface area contributed by atoms with Gasteiger partial charge in [-0.15, -0.1) is 0 Å². The Morgan fingerprint density at radius 3 is 2.67 bits per heavy atom. The molecule has 0 aromatic rings. The van der Waals surface area contributed by atoms with Crippen molar-refractivity contribution < 1.29 is 4.74 Å². The van der Waals surface area contributed by atoms with Crippen LogP contribution in [-0.2, 0) is 4.74 Å². The maximum atomic E-state index is 5.22. The van der Waals surface area contributed by atoms with Gasteiger partial charge in [0.1, 0.15) is 6.10 Å². The Morgan fingerprint density at radius 1 is 1.33 bits per heavy atom. The fourth-order valence-electron chi connectivity index (χ4n) is 1.07. The van der Waals surface area contributed by atoms with Crippen molar-refractivity contribution in [3.63, 3.8) is 0 Å². The van der Waals surface area contributed by atoms with Gasteiger partial charge in [0.15, 0.2) is 0 Å². The summed E-state index contributed by atoms with van der Waals surface area (Å²) in [4.78, 5) is 0. The van der Waals surface area contributed by atoms with Crippen molar-refractivity contribution in [3.05, 3.63) is 24.3 Å². The second-order valence-electron chi connectivity index (χ2n) is 3.26. The third-order valence-corrected chi connectivity index (χ3v) is 2.03. The topological polar surface area (TPSA) is 12.5 Å². The molecular weight excluding hydrogens is 148 g/mol. The van der Waals surface area contributed by atoms with Crippen molar-refractivity contribution in [2.24, 2.45) is 0 Å². The van der Waals surface area contributed by atoms with E-state index in [-0.39, 0.29) is 0 Å². The van der Waals surface area contributed by atoms with E-state index < -0.39 is 0 Å². The van der Waals surface area contributed by atoms with E-state index in [4.69, 9.17) is 4.74 Å². The lowest BCUT2D eigenvalue weighted by Crippen LogP contribution is -1.79. The molecule has 1 nitrogen and oxygen atoms in total. The van der Waals surface area contributed by atoms with Gasteiger partial charge in [-0.05, 0) is 13.3 Å². The van der Waals surface area contributed by atoms with Crippen molar-refractivity contribution in [1.82, 2.24) is 0 Å². The van der Waals surface area contributed by atoms with Gasteiger partial charge in [0.25, 0.3) is 0 Å². The van der Waals surface area contributed by atoms with Crippen LogP contribution < -0.4 is 0 Å². The predicted molar refractivity (Wildman–Crippen MR) is 52.1 cm³/mol. The molecule has 0 radical (unpaired) electrons. The molecule has 1 fully saturated rings. The summed E-state index contributed by atoms with van der Waals surface area (Å²) in [6.07, 6.45) is 13.1. The van der Waals surface area contributed by atoms with Gasteiger partial charge in [-0.25, -0.2) is 0 Å². The molecule has 1 aliphatic heterocycles. The molecule has 0 bridgehead atoms. The van der Waals surface area contributed by atoms with Crippen molar-refractivity contribution in [2.75, 3.05) is 0 Å². The second kappa shape index (κ2) is 5.15. The minimum absolute atomic E-state index is 0.390. The van der Waals surface area contributed by atoms with E-state index >= 15 is 0 Å². The zero-order chi connectivity index (χ0) is 8.81. The maximum absolute atomic E-state index is 5.22. The van der Waals surface area contributed by atoms with Crippen LogP contribution in [0.1, 0.15) is 33.1 Å². The van der Waals surface area contributed by atoms with E-state index in [0.717, 1.165) is 0 Å². The van der Waals surface area contributed by atoms with Crippen LogP contribution in [-0.4, -0.2) is 12.2 Å². The minimum Gasteiger partial charge on any atom is -0.365 e. The SMILES string of the molecule is CCCCC=CC=CC1OC1C. The second-order valence-corrected chi connectivity index (χ2v) is 3.26. The van der Waals surface area contributed by atoms with Gasteiger partial charge >= 0.3 is 0 Å². The van der Waals surface area contributed by atoms with E-state index in [9.17, 15) is 0 Å². The average molecular weight is 166 g/mol. The van der Waals surface area contributed by atoms with E-state index in [1.807, 2.05) is 0 Å². The third-order valence-electron chi connectivity index (χ3n) is 2.03. The van der Waals surface area contributed by atoms with E-state index in [0.29, 0.717) is 12.2 Å². The molecule has 1 saturated heterocycles. The molecule has 2 unspecified atom stereocenters. The summed E-state index contributed by atoms with van der Waals surface area (Å²) in [6, 6.07) is 0. The molecule has 0 saturated carbocycles. The molecule has 0 aromatic carbocycles. The van der Waals surface area contributed by atoms with Crippen LogP contribution in [0.2, 0.25) is 0 Å². The van der Waals surface area contributed by atoms with Crippen LogP contribution in [0.15, 0.2) is 24.3 Å². The fourth-order valence-corrected chi connectivity index (χ4v) is 1.07. The first kappa shape index (κ1) is 9.53. The Balaban J connectivity index is 2.00. The smallest absolute Gasteiger partial charge is 0.102 e. The molecule has 12 heavy (non-hydrogen) atoms. The molecule has 1 heteroatoms. The van der Waals surface area contributed by atoms with Gasteiger partial charge < -0.3 is 4.74 Å². The Kier molecular flexibility index (Phi) is 4.09. The summed E-state index contributed by atoms with van der Waals surface area (Å²) < 4.78 is 5.22. The number of epoxide rings is 1. The van der Waals surface area contributed by atoms with Crippen molar-refractivity contribution in [3.8, 4) is 0 Å². The summed E-state index contributed by atoms with van der Waals surface area (Å²) in [5, 5.41) is 0. The van der Waals surface area contributed by atoms with E-state index in [1.54, 1.807) is 0 Å². The molecule has 0 spiro atoms. The summed E-state index contributed by atoms with van der Waals surface area (Å²) >= 11 is 0. The van der Waals surface area contributed by atoms with Gasteiger partial charge in [0, 0.05) is 0 Å². The molecule has 1 aliphatic rings. The van der Waals surface area contributed by atoms with Crippen LogP contribution in [0.4, 0.5) is 0 Å². The monoisotopic (exact) mass is 166 g/mol. The summed E-state index contributed by atoms with van der Waals surface area (Å²) in [5.74, 6) is 0. The Labute approximate surface area is 75.1 Å². The number of ether oxygens (including phenoxy) is 1. The summed E-state index contributed by atoms with van der Waals surface area (Å²) in [6.45, 7) is 4.30. The van der Waals surface area contributed by atoms with Gasteiger partial charge in [0.05, 0.1) is 6.10 Å². The number of hydrogen-bond donors (Lipinski definition) is 0. The highest BCUT2D eigenvalue weighted by Gasteiger charge is 2.30. The van der Waals surface area contributed by atoms with Crippen molar-refractivity contribution >= 4 is 0 Å². The molecular formula is C11H18O. The largest absolute Gasteiger partial charge is 0.365 e. The van der Waals surface area contributed by atoms with Crippen LogP contribution >= 0.6 is 0 Å². The zero-order valence-electron chi connectivity index (χ0n) is 7.99. The lowest BCUT2D eigenvalue weighted by Gasteiger charge is -1.85. The molecule has 1 rings (SSSR count). The zero-order valence-corrected chi connectivity index (χ0v) is 7.99. The number of rotatable bonds is 5. The van der Waals surface area contributed by atoms with Crippen LogP contribution in [0.3, 0.4) is 0 Å². The third kappa shape index (κ3) is 3.72. The molecule has 2 atom stereocenters. The highest BCUT2D eigenvalue weighted by Crippen LogP contribution is 2.21. The van der Waals surface area contributed by atoms with Crippen molar-refractivity contribution in [2.45, 2.75) is 45.3 Å². The molecule has 1 heterocycles. The molecule has 68 valence electrons. The lowest BCUT2D eigenvalue weighted by atomic mass is 10.2. The summed E-state index contributed by atoms with van der Waals surface area (Å²) in [5.41, 5.74) is 0. The lowest BCUT2D eigenvalue weighted by molar-refractivity contribution is 0.400. The van der Waals surface area contributed by atoms with Crippen LogP contribution in [0.25, 0.3) is 0 Å².